The van der Waals surface area contributed by atoms with Crippen molar-refractivity contribution in [3.63, 3.8) is 0 Å². The number of benzene rings is 1. The number of aryl methyl sites for hydroxylation is 1. The van der Waals surface area contributed by atoms with E-state index in [0.29, 0.717) is 12.1 Å². The molecule has 0 fully saturated rings. The number of amides is 1. The number of halogens is 1. The zero-order valence-electron chi connectivity index (χ0n) is 11.2. The summed E-state index contributed by atoms with van der Waals surface area (Å²) in [7, 11) is 3.48. The first kappa shape index (κ1) is 16.7. The molecule has 0 saturated carbocycles. The normalized spacial score (nSPS) is 11.3. The van der Waals surface area contributed by atoms with Gasteiger partial charge in [-0.15, -0.1) is 12.4 Å². The van der Waals surface area contributed by atoms with Crippen LogP contribution in [0.1, 0.15) is 22.8 Å². The van der Waals surface area contributed by atoms with Gasteiger partial charge in [0.1, 0.15) is 5.75 Å². The van der Waals surface area contributed by atoms with Gasteiger partial charge in [-0.2, -0.15) is 0 Å². The van der Waals surface area contributed by atoms with E-state index in [4.69, 9.17) is 4.74 Å². The minimum atomic E-state index is -0.0488. The lowest BCUT2D eigenvalue weighted by molar-refractivity contribution is 0.0950. The third kappa shape index (κ3) is 4.55. The highest BCUT2D eigenvalue weighted by molar-refractivity contribution is 5.95. The second-order valence-corrected chi connectivity index (χ2v) is 4.08. The van der Waals surface area contributed by atoms with Crippen molar-refractivity contribution >= 4 is 18.3 Å². The Balaban J connectivity index is 0.00000289. The van der Waals surface area contributed by atoms with Crippen LogP contribution < -0.4 is 15.4 Å². The molecule has 5 heteroatoms. The third-order valence-electron chi connectivity index (χ3n) is 2.74. The fraction of sp³-hybridized carbons (Fsp3) is 0.462. The standard InChI is InChI=1S/C13H20N2O2.ClH/c1-9-7-11(17-4)5-6-12(9)13(16)15-8-10(2)14-3;/h5-7,10,14H,8H2,1-4H3,(H,15,16);1H. The monoisotopic (exact) mass is 272 g/mol. The molecule has 102 valence electrons. The highest BCUT2D eigenvalue weighted by Crippen LogP contribution is 2.16. The van der Waals surface area contributed by atoms with E-state index in [2.05, 4.69) is 10.6 Å². The van der Waals surface area contributed by atoms with Gasteiger partial charge in [-0.05, 0) is 44.7 Å². The third-order valence-corrected chi connectivity index (χ3v) is 2.74. The average Bonchev–Trinajstić information content (AvgIpc) is 2.35. The maximum absolute atomic E-state index is 11.9. The molecule has 1 unspecified atom stereocenters. The van der Waals surface area contributed by atoms with Gasteiger partial charge >= 0.3 is 0 Å². The van der Waals surface area contributed by atoms with Crippen LogP contribution in [-0.2, 0) is 0 Å². The fourth-order valence-corrected chi connectivity index (χ4v) is 1.46. The van der Waals surface area contributed by atoms with Gasteiger partial charge in [0.05, 0.1) is 7.11 Å². The first-order chi connectivity index (χ1) is 8.08. The number of likely N-dealkylation sites (N-methyl/N-ethyl adjacent to an activating group) is 1. The van der Waals surface area contributed by atoms with Crippen LogP contribution in [0.5, 0.6) is 5.75 Å². The van der Waals surface area contributed by atoms with Gasteiger partial charge in [-0.25, -0.2) is 0 Å². The van der Waals surface area contributed by atoms with Crippen LogP contribution in [0, 0.1) is 6.92 Å². The van der Waals surface area contributed by atoms with Gasteiger partial charge < -0.3 is 15.4 Å². The minimum Gasteiger partial charge on any atom is -0.497 e. The van der Waals surface area contributed by atoms with E-state index >= 15 is 0 Å². The summed E-state index contributed by atoms with van der Waals surface area (Å²) in [5, 5.41) is 5.96. The maximum Gasteiger partial charge on any atom is 0.251 e. The SMILES string of the molecule is CNC(C)CNC(=O)c1ccc(OC)cc1C.Cl. The van der Waals surface area contributed by atoms with E-state index in [1.807, 2.05) is 27.0 Å². The van der Waals surface area contributed by atoms with Crippen LogP contribution >= 0.6 is 12.4 Å². The van der Waals surface area contributed by atoms with Crippen molar-refractivity contribution in [2.75, 3.05) is 20.7 Å². The smallest absolute Gasteiger partial charge is 0.251 e. The number of ether oxygens (including phenoxy) is 1. The van der Waals surface area contributed by atoms with Crippen molar-refractivity contribution in [2.45, 2.75) is 19.9 Å². The minimum absolute atomic E-state index is 0. The van der Waals surface area contributed by atoms with Crippen LogP contribution in [0.15, 0.2) is 18.2 Å². The molecule has 0 heterocycles. The van der Waals surface area contributed by atoms with E-state index in [1.165, 1.54) is 0 Å². The van der Waals surface area contributed by atoms with E-state index in [0.717, 1.165) is 11.3 Å². The lowest BCUT2D eigenvalue weighted by Gasteiger charge is -2.13. The predicted molar refractivity (Wildman–Crippen MR) is 75.8 cm³/mol. The molecule has 1 atom stereocenters. The summed E-state index contributed by atoms with van der Waals surface area (Å²) in [5.41, 5.74) is 1.60. The number of hydrogen-bond donors (Lipinski definition) is 2. The zero-order chi connectivity index (χ0) is 12.8. The molecule has 1 aromatic carbocycles. The van der Waals surface area contributed by atoms with Crippen molar-refractivity contribution in [3.8, 4) is 5.75 Å². The molecule has 0 bridgehead atoms. The molecule has 18 heavy (non-hydrogen) atoms. The molecular formula is C13H21ClN2O2. The maximum atomic E-state index is 11.9. The van der Waals surface area contributed by atoms with E-state index in [9.17, 15) is 4.79 Å². The van der Waals surface area contributed by atoms with Crippen LogP contribution in [0.3, 0.4) is 0 Å². The van der Waals surface area contributed by atoms with Gasteiger partial charge in [0.25, 0.3) is 5.91 Å². The summed E-state index contributed by atoms with van der Waals surface area (Å²) in [6.07, 6.45) is 0. The molecule has 0 aromatic heterocycles. The zero-order valence-corrected chi connectivity index (χ0v) is 12.1. The van der Waals surface area contributed by atoms with Gasteiger partial charge in [0.2, 0.25) is 0 Å². The molecule has 2 N–H and O–H groups in total. The van der Waals surface area contributed by atoms with E-state index in [1.54, 1.807) is 19.2 Å². The van der Waals surface area contributed by atoms with Gasteiger partial charge in [-0.3, -0.25) is 4.79 Å². The van der Waals surface area contributed by atoms with Crippen molar-refractivity contribution in [1.29, 1.82) is 0 Å². The van der Waals surface area contributed by atoms with Crippen molar-refractivity contribution in [3.05, 3.63) is 29.3 Å². The Morgan fingerprint density at radius 3 is 2.61 bits per heavy atom. The molecular weight excluding hydrogens is 252 g/mol. The summed E-state index contributed by atoms with van der Waals surface area (Å²) in [6.45, 7) is 4.53. The van der Waals surface area contributed by atoms with Gasteiger partial charge in [0.15, 0.2) is 0 Å². The van der Waals surface area contributed by atoms with Crippen molar-refractivity contribution < 1.29 is 9.53 Å². The number of carbonyl (C=O) groups excluding carboxylic acids is 1. The molecule has 0 radical (unpaired) electrons. The van der Waals surface area contributed by atoms with Crippen LogP contribution in [0.25, 0.3) is 0 Å². The van der Waals surface area contributed by atoms with Crippen LogP contribution in [-0.4, -0.2) is 32.7 Å². The lowest BCUT2D eigenvalue weighted by atomic mass is 10.1. The van der Waals surface area contributed by atoms with Crippen LogP contribution in [0.2, 0.25) is 0 Å². The number of nitrogens with one attached hydrogen (secondary N) is 2. The highest BCUT2D eigenvalue weighted by Gasteiger charge is 2.10. The molecule has 0 saturated heterocycles. The number of rotatable bonds is 5. The Labute approximate surface area is 115 Å². The number of methoxy groups -OCH3 is 1. The first-order valence-electron chi connectivity index (χ1n) is 5.68. The summed E-state index contributed by atoms with van der Waals surface area (Å²) >= 11 is 0. The van der Waals surface area contributed by atoms with Crippen molar-refractivity contribution in [2.24, 2.45) is 0 Å². The Hall–Kier alpha value is -1.26. The highest BCUT2D eigenvalue weighted by atomic mass is 35.5. The molecule has 1 aromatic rings. The Kier molecular flexibility index (Phi) is 7.39. The number of hydrogen-bond acceptors (Lipinski definition) is 3. The Bertz CT molecular complexity index is 397. The first-order valence-corrected chi connectivity index (χ1v) is 5.68. The lowest BCUT2D eigenvalue weighted by Crippen LogP contribution is -2.37. The number of carbonyl (C=O) groups is 1. The summed E-state index contributed by atoms with van der Waals surface area (Å²) in [4.78, 5) is 11.9. The van der Waals surface area contributed by atoms with Gasteiger partial charge in [0, 0.05) is 18.2 Å². The van der Waals surface area contributed by atoms with Gasteiger partial charge in [-0.1, -0.05) is 0 Å². The molecule has 0 aliphatic carbocycles. The summed E-state index contributed by atoms with van der Waals surface area (Å²) < 4.78 is 5.10. The summed E-state index contributed by atoms with van der Waals surface area (Å²) in [5.74, 6) is 0.717. The summed E-state index contributed by atoms with van der Waals surface area (Å²) in [6, 6.07) is 5.70. The topological polar surface area (TPSA) is 50.4 Å². The molecule has 0 aliphatic rings. The second kappa shape index (κ2) is 7.95. The fourth-order valence-electron chi connectivity index (χ4n) is 1.46. The molecule has 0 spiro atoms. The predicted octanol–water partition coefficient (Wildman–Crippen LogP) is 1.76. The van der Waals surface area contributed by atoms with Crippen molar-refractivity contribution in [1.82, 2.24) is 10.6 Å². The van der Waals surface area contributed by atoms with E-state index in [-0.39, 0.29) is 24.4 Å². The van der Waals surface area contributed by atoms with E-state index < -0.39 is 0 Å². The Morgan fingerprint density at radius 2 is 2.11 bits per heavy atom. The quantitative estimate of drug-likeness (QED) is 0.859. The molecule has 4 nitrogen and oxygen atoms in total. The molecule has 1 amide bonds. The van der Waals surface area contributed by atoms with Crippen LogP contribution in [0.4, 0.5) is 0 Å². The largest absolute Gasteiger partial charge is 0.497 e. The molecule has 0 aliphatic heterocycles. The Morgan fingerprint density at radius 1 is 1.44 bits per heavy atom. The second-order valence-electron chi connectivity index (χ2n) is 4.08. The molecule has 1 rings (SSSR count). The average molecular weight is 273 g/mol.